The normalized spacial score (nSPS) is 31.9. The fourth-order valence-electron chi connectivity index (χ4n) is 2.55. The number of carbonyl (C=O) groups is 2. The number of hydrogen-bond donors (Lipinski definition) is 2. The SMILES string of the molecule is NC(=O)C1CCC2C=CN(CCCl)C(=O)NC21. The van der Waals surface area contributed by atoms with Gasteiger partial charge in [0.05, 0.1) is 5.92 Å². The van der Waals surface area contributed by atoms with Crippen molar-refractivity contribution in [1.82, 2.24) is 10.2 Å². The van der Waals surface area contributed by atoms with Crippen LogP contribution < -0.4 is 11.1 Å². The predicted molar refractivity (Wildman–Crippen MR) is 64.3 cm³/mol. The lowest BCUT2D eigenvalue weighted by Crippen LogP contribution is -2.47. The molecule has 0 aromatic rings. The van der Waals surface area contributed by atoms with Gasteiger partial charge in [0.25, 0.3) is 0 Å². The van der Waals surface area contributed by atoms with Crippen LogP contribution in [0.3, 0.4) is 0 Å². The highest BCUT2D eigenvalue weighted by Gasteiger charge is 2.40. The molecule has 5 nitrogen and oxygen atoms in total. The molecule has 2 aliphatic rings. The van der Waals surface area contributed by atoms with Gasteiger partial charge >= 0.3 is 6.03 Å². The minimum atomic E-state index is -0.336. The van der Waals surface area contributed by atoms with Crippen molar-refractivity contribution < 1.29 is 9.59 Å². The van der Waals surface area contributed by atoms with Crippen molar-refractivity contribution in [1.29, 1.82) is 0 Å². The van der Waals surface area contributed by atoms with Gasteiger partial charge in [0.2, 0.25) is 5.91 Å². The molecule has 3 unspecified atom stereocenters. The number of urea groups is 1. The number of alkyl halides is 1. The van der Waals surface area contributed by atoms with Gasteiger partial charge in [-0.3, -0.25) is 4.79 Å². The van der Waals surface area contributed by atoms with Crippen LogP contribution >= 0.6 is 11.6 Å². The lowest BCUT2D eigenvalue weighted by molar-refractivity contribution is -0.122. The Kier molecular flexibility index (Phi) is 3.57. The van der Waals surface area contributed by atoms with E-state index in [0.29, 0.717) is 12.4 Å². The van der Waals surface area contributed by atoms with Gasteiger partial charge in [0, 0.05) is 24.7 Å². The second-order valence-corrected chi connectivity index (χ2v) is 4.83. The standard InChI is InChI=1S/C11H16ClN3O2/c12-4-6-15-5-3-7-1-2-8(10(13)16)9(7)14-11(15)17/h3,5,7-9H,1-2,4,6H2,(H2,13,16)(H,14,17). The van der Waals surface area contributed by atoms with Crippen LogP contribution in [-0.2, 0) is 4.79 Å². The number of primary amides is 1. The van der Waals surface area contributed by atoms with E-state index in [1.54, 1.807) is 6.20 Å². The zero-order chi connectivity index (χ0) is 12.4. The van der Waals surface area contributed by atoms with E-state index in [4.69, 9.17) is 17.3 Å². The highest BCUT2D eigenvalue weighted by Crippen LogP contribution is 2.33. The number of amides is 3. The van der Waals surface area contributed by atoms with E-state index < -0.39 is 0 Å². The van der Waals surface area contributed by atoms with E-state index in [2.05, 4.69) is 5.32 Å². The zero-order valence-corrected chi connectivity index (χ0v) is 10.2. The van der Waals surface area contributed by atoms with E-state index >= 15 is 0 Å². The molecule has 3 atom stereocenters. The quantitative estimate of drug-likeness (QED) is 0.728. The number of hydrogen-bond acceptors (Lipinski definition) is 2. The smallest absolute Gasteiger partial charge is 0.321 e. The minimum Gasteiger partial charge on any atom is -0.369 e. The maximum Gasteiger partial charge on any atom is 0.321 e. The Balaban J connectivity index is 2.14. The van der Waals surface area contributed by atoms with E-state index in [9.17, 15) is 9.59 Å². The van der Waals surface area contributed by atoms with Crippen molar-refractivity contribution in [3.05, 3.63) is 12.3 Å². The van der Waals surface area contributed by atoms with Crippen molar-refractivity contribution in [2.45, 2.75) is 18.9 Å². The summed E-state index contributed by atoms with van der Waals surface area (Å²) in [6, 6.07) is -0.376. The summed E-state index contributed by atoms with van der Waals surface area (Å²) in [4.78, 5) is 24.7. The molecule has 3 N–H and O–H groups in total. The van der Waals surface area contributed by atoms with Crippen LogP contribution in [0.2, 0.25) is 0 Å². The summed E-state index contributed by atoms with van der Waals surface area (Å²) in [5.41, 5.74) is 5.35. The number of nitrogens with one attached hydrogen (secondary N) is 1. The molecule has 1 fully saturated rings. The third kappa shape index (κ3) is 2.39. The first-order valence-electron chi connectivity index (χ1n) is 5.74. The monoisotopic (exact) mass is 257 g/mol. The molecule has 3 amide bonds. The van der Waals surface area contributed by atoms with Gasteiger partial charge in [-0.05, 0) is 18.8 Å². The molecular formula is C11H16ClN3O2. The largest absolute Gasteiger partial charge is 0.369 e. The van der Waals surface area contributed by atoms with Crippen LogP contribution in [0.1, 0.15) is 12.8 Å². The lowest BCUT2D eigenvalue weighted by atomic mass is 9.97. The van der Waals surface area contributed by atoms with Gasteiger partial charge in [-0.1, -0.05) is 6.08 Å². The molecule has 1 saturated carbocycles. The van der Waals surface area contributed by atoms with Crippen molar-refractivity contribution in [2.24, 2.45) is 17.6 Å². The van der Waals surface area contributed by atoms with Crippen LogP contribution in [0.4, 0.5) is 4.79 Å². The van der Waals surface area contributed by atoms with Gasteiger partial charge < -0.3 is 16.0 Å². The second-order valence-electron chi connectivity index (χ2n) is 4.45. The summed E-state index contributed by atoms with van der Waals surface area (Å²) in [6.07, 6.45) is 5.35. The summed E-state index contributed by atoms with van der Waals surface area (Å²) >= 11 is 5.62. The molecule has 0 bridgehead atoms. The van der Waals surface area contributed by atoms with E-state index in [1.807, 2.05) is 6.08 Å². The first-order valence-corrected chi connectivity index (χ1v) is 6.27. The maximum atomic E-state index is 11.9. The summed E-state index contributed by atoms with van der Waals surface area (Å²) in [5, 5.41) is 2.87. The fourth-order valence-corrected chi connectivity index (χ4v) is 2.73. The van der Waals surface area contributed by atoms with E-state index in [1.165, 1.54) is 4.90 Å². The second kappa shape index (κ2) is 4.96. The zero-order valence-electron chi connectivity index (χ0n) is 9.43. The van der Waals surface area contributed by atoms with Crippen molar-refractivity contribution in [2.75, 3.05) is 12.4 Å². The Hall–Kier alpha value is -1.23. The molecular weight excluding hydrogens is 242 g/mol. The summed E-state index contributed by atoms with van der Waals surface area (Å²) in [7, 11) is 0. The molecule has 0 spiro atoms. The van der Waals surface area contributed by atoms with Crippen LogP contribution in [0.5, 0.6) is 0 Å². The minimum absolute atomic E-state index is 0.170. The highest BCUT2D eigenvalue weighted by molar-refractivity contribution is 6.18. The van der Waals surface area contributed by atoms with E-state index in [0.717, 1.165) is 12.8 Å². The third-order valence-corrected chi connectivity index (χ3v) is 3.63. The fraction of sp³-hybridized carbons (Fsp3) is 0.636. The highest BCUT2D eigenvalue weighted by atomic mass is 35.5. The van der Waals surface area contributed by atoms with Crippen LogP contribution in [-0.4, -0.2) is 35.3 Å². The first-order chi connectivity index (χ1) is 8.13. The van der Waals surface area contributed by atoms with E-state index in [-0.39, 0.29) is 29.8 Å². The average molecular weight is 258 g/mol. The number of fused-ring (bicyclic) bond motifs is 1. The Labute approximate surface area is 105 Å². The lowest BCUT2D eigenvalue weighted by Gasteiger charge is -2.22. The topological polar surface area (TPSA) is 75.4 Å². The summed E-state index contributed by atoms with van der Waals surface area (Å²) in [6.45, 7) is 0.463. The van der Waals surface area contributed by atoms with Gasteiger partial charge in [0.1, 0.15) is 0 Å². The van der Waals surface area contributed by atoms with Crippen LogP contribution in [0.15, 0.2) is 12.3 Å². The van der Waals surface area contributed by atoms with Crippen molar-refractivity contribution in [3.8, 4) is 0 Å². The van der Waals surface area contributed by atoms with Crippen LogP contribution in [0, 0.1) is 11.8 Å². The summed E-state index contributed by atoms with van der Waals surface area (Å²) in [5.74, 6) is -0.0230. The Morgan fingerprint density at radius 3 is 3.00 bits per heavy atom. The molecule has 1 aliphatic heterocycles. The van der Waals surface area contributed by atoms with Crippen molar-refractivity contribution >= 4 is 23.5 Å². The molecule has 0 aromatic carbocycles. The molecule has 0 radical (unpaired) electrons. The maximum absolute atomic E-state index is 11.9. The molecule has 1 heterocycles. The number of carbonyl (C=O) groups excluding carboxylic acids is 2. The average Bonchev–Trinajstić information content (AvgIpc) is 2.61. The number of rotatable bonds is 3. The summed E-state index contributed by atoms with van der Waals surface area (Å²) < 4.78 is 0. The number of nitrogens with zero attached hydrogens (tertiary/aromatic N) is 1. The van der Waals surface area contributed by atoms with Gasteiger partial charge in [-0.2, -0.15) is 0 Å². The molecule has 94 valence electrons. The Morgan fingerprint density at radius 2 is 2.35 bits per heavy atom. The number of nitrogens with two attached hydrogens (primary N) is 1. The molecule has 1 aliphatic carbocycles. The molecule has 2 rings (SSSR count). The Morgan fingerprint density at radius 1 is 1.59 bits per heavy atom. The van der Waals surface area contributed by atoms with Crippen LogP contribution in [0.25, 0.3) is 0 Å². The van der Waals surface area contributed by atoms with Gasteiger partial charge in [0.15, 0.2) is 0 Å². The van der Waals surface area contributed by atoms with Gasteiger partial charge in [-0.15, -0.1) is 11.6 Å². The molecule has 6 heteroatoms. The Bertz CT molecular complexity index is 359. The molecule has 0 saturated heterocycles. The first kappa shape index (κ1) is 12.2. The predicted octanol–water partition coefficient (Wildman–Crippen LogP) is 0.644. The molecule has 17 heavy (non-hydrogen) atoms. The van der Waals surface area contributed by atoms with Gasteiger partial charge in [-0.25, -0.2) is 4.79 Å². The number of halogens is 1. The third-order valence-electron chi connectivity index (χ3n) is 3.46. The molecule has 0 aromatic heterocycles. The van der Waals surface area contributed by atoms with Crippen molar-refractivity contribution in [3.63, 3.8) is 0 Å².